The van der Waals surface area contributed by atoms with Crippen LogP contribution in [0.1, 0.15) is 24.1 Å². The Labute approximate surface area is 158 Å². The molecule has 1 aliphatic heterocycles. The van der Waals surface area contributed by atoms with E-state index in [1.54, 1.807) is 19.2 Å². The summed E-state index contributed by atoms with van der Waals surface area (Å²) in [7, 11) is -1.81. The number of pyridine rings is 1. The molecule has 2 heterocycles. The lowest BCUT2D eigenvalue weighted by molar-refractivity contribution is 0.134. The lowest BCUT2D eigenvalue weighted by Gasteiger charge is -2.31. The van der Waals surface area contributed by atoms with Crippen molar-refractivity contribution in [3.63, 3.8) is 0 Å². The van der Waals surface area contributed by atoms with Gasteiger partial charge in [0.1, 0.15) is 17.7 Å². The number of piperidine rings is 1. The van der Waals surface area contributed by atoms with Crippen LogP contribution < -0.4 is 10.3 Å². The van der Waals surface area contributed by atoms with Crippen molar-refractivity contribution in [2.45, 2.75) is 31.6 Å². The van der Waals surface area contributed by atoms with Crippen molar-refractivity contribution < 1.29 is 17.5 Å². The van der Waals surface area contributed by atoms with Crippen LogP contribution in [0.25, 0.3) is 0 Å². The van der Waals surface area contributed by atoms with Gasteiger partial charge in [-0.25, -0.2) is 17.1 Å². The van der Waals surface area contributed by atoms with Crippen LogP contribution in [0.2, 0.25) is 0 Å². The summed E-state index contributed by atoms with van der Waals surface area (Å²) in [5.41, 5.74) is 1.09. The maximum Gasteiger partial charge on any atom is 0.254 e. The number of benzene rings is 1. The summed E-state index contributed by atoms with van der Waals surface area (Å²) >= 11 is 0. The van der Waals surface area contributed by atoms with Crippen molar-refractivity contribution in [2.75, 3.05) is 13.1 Å². The highest BCUT2D eigenvalue weighted by Gasteiger charge is 2.29. The van der Waals surface area contributed by atoms with Crippen LogP contribution in [0.15, 0.2) is 41.2 Å². The third-order valence-corrected chi connectivity index (χ3v) is 6.66. The largest absolute Gasteiger partial charge is 0.490 e. The summed E-state index contributed by atoms with van der Waals surface area (Å²) in [6.45, 7) is 2.51. The van der Waals surface area contributed by atoms with Crippen LogP contribution in [0.3, 0.4) is 0 Å². The Bertz CT molecular complexity index is 979. The normalized spacial score (nSPS) is 16.4. The monoisotopic (exact) mass is 394 g/mol. The smallest absolute Gasteiger partial charge is 0.254 e. The van der Waals surface area contributed by atoms with Crippen molar-refractivity contribution in [3.05, 3.63) is 63.8 Å². The Morgan fingerprint density at radius 1 is 1.19 bits per heavy atom. The molecule has 6 nitrogen and oxygen atoms in total. The molecule has 2 aromatic rings. The Morgan fingerprint density at radius 3 is 2.52 bits per heavy atom. The molecule has 0 spiro atoms. The van der Waals surface area contributed by atoms with Crippen molar-refractivity contribution in [1.82, 2.24) is 8.87 Å². The van der Waals surface area contributed by atoms with Crippen molar-refractivity contribution in [2.24, 2.45) is 7.05 Å². The number of aryl methyl sites for hydroxylation is 1. The van der Waals surface area contributed by atoms with Crippen LogP contribution >= 0.6 is 0 Å². The zero-order chi connectivity index (χ0) is 19.6. The molecule has 1 aromatic carbocycles. The van der Waals surface area contributed by atoms with Crippen LogP contribution in [0.5, 0.6) is 5.75 Å². The lowest BCUT2D eigenvalue weighted by Crippen LogP contribution is -2.42. The number of sulfonamides is 1. The highest BCUT2D eigenvalue weighted by molar-refractivity contribution is 7.88. The van der Waals surface area contributed by atoms with Crippen LogP contribution in [0, 0.1) is 12.7 Å². The highest BCUT2D eigenvalue weighted by atomic mass is 32.2. The maximum atomic E-state index is 13.3. The molecular formula is C19H23FN2O4S. The fourth-order valence-corrected chi connectivity index (χ4v) is 4.70. The van der Waals surface area contributed by atoms with E-state index in [0.29, 0.717) is 37.2 Å². The van der Waals surface area contributed by atoms with Gasteiger partial charge in [0, 0.05) is 31.9 Å². The van der Waals surface area contributed by atoms with Gasteiger partial charge in [-0.2, -0.15) is 0 Å². The predicted octanol–water partition coefficient (Wildman–Crippen LogP) is 2.21. The van der Waals surface area contributed by atoms with E-state index in [1.807, 2.05) is 6.92 Å². The van der Waals surface area contributed by atoms with Crippen LogP contribution in [-0.4, -0.2) is 36.5 Å². The van der Waals surface area contributed by atoms with Gasteiger partial charge in [-0.15, -0.1) is 0 Å². The molecule has 0 N–H and O–H groups in total. The van der Waals surface area contributed by atoms with Gasteiger partial charge in [-0.3, -0.25) is 4.79 Å². The molecule has 0 saturated carbocycles. The number of halogens is 1. The van der Waals surface area contributed by atoms with Gasteiger partial charge in [-0.1, -0.05) is 12.1 Å². The van der Waals surface area contributed by atoms with E-state index < -0.39 is 15.8 Å². The predicted molar refractivity (Wildman–Crippen MR) is 101 cm³/mol. The molecule has 3 rings (SSSR count). The molecule has 0 unspecified atom stereocenters. The van der Waals surface area contributed by atoms with E-state index in [1.165, 1.54) is 33.1 Å². The molecule has 8 heteroatoms. The molecule has 0 radical (unpaired) electrons. The molecule has 146 valence electrons. The zero-order valence-electron chi connectivity index (χ0n) is 15.4. The standard InChI is InChI=1S/C19H23FN2O4S/c1-14-10-18(12-19(23)21(14)2)26-17-6-8-22(9-7-17)27(24,25)13-15-4-3-5-16(20)11-15/h3-5,10-12,17H,6-9,13H2,1-2H3. The second-order valence-corrected chi connectivity index (χ2v) is 8.80. The Kier molecular flexibility index (Phi) is 5.67. The minimum Gasteiger partial charge on any atom is -0.490 e. The van der Waals surface area contributed by atoms with Crippen molar-refractivity contribution in [1.29, 1.82) is 0 Å². The van der Waals surface area contributed by atoms with Gasteiger partial charge in [0.05, 0.1) is 5.75 Å². The first kappa shape index (κ1) is 19.6. The summed E-state index contributed by atoms with van der Waals surface area (Å²) in [6, 6.07) is 8.89. The first-order chi connectivity index (χ1) is 12.7. The first-order valence-corrected chi connectivity index (χ1v) is 10.4. The summed E-state index contributed by atoms with van der Waals surface area (Å²) in [6.07, 6.45) is 0.935. The highest BCUT2D eigenvalue weighted by Crippen LogP contribution is 2.22. The third kappa shape index (κ3) is 4.75. The fraction of sp³-hybridized carbons (Fsp3) is 0.421. The Morgan fingerprint density at radius 2 is 1.89 bits per heavy atom. The molecule has 1 aliphatic rings. The van der Waals surface area contributed by atoms with Crippen molar-refractivity contribution >= 4 is 10.0 Å². The topological polar surface area (TPSA) is 68.6 Å². The van der Waals surface area contributed by atoms with E-state index in [4.69, 9.17) is 4.74 Å². The van der Waals surface area contributed by atoms with Crippen LogP contribution in [0.4, 0.5) is 4.39 Å². The van der Waals surface area contributed by atoms with E-state index in [-0.39, 0.29) is 17.4 Å². The molecular weight excluding hydrogens is 371 g/mol. The second-order valence-electron chi connectivity index (χ2n) is 6.83. The van der Waals surface area contributed by atoms with Gasteiger partial charge in [0.15, 0.2) is 0 Å². The molecule has 1 fully saturated rings. The van der Waals surface area contributed by atoms with E-state index >= 15 is 0 Å². The number of rotatable bonds is 5. The van der Waals surface area contributed by atoms with Gasteiger partial charge in [0.25, 0.3) is 5.56 Å². The number of nitrogens with zero attached hydrogens (tertiary/aromatic N) is 2. The van der Waals surface area contributed by atoms with Crippen LogP contribution in [-0.2, 0) is 22.8 Å². The SMILES string of the molecule is Cc1cc(OC2CCN(S(=O)(=O)Cc3cccc(F)c3)CC2)cc(=O)n1C. The summed E-state index contributed by atoms with van der Waals surface area (Å²) in [5.74, 6) is -0.153. The zero-order valence-corrected chi connectivity index (χ0v) is 16.2. The summed E-state index contributed by atoms with van der Waals surface area (Å²) < 4.78 is 47.3. The molecule has 27 heavy (non-hydrogen) atoms. The summed E-state index contributed by atoms with van der Waals surface area (Å²) in [5, 5.41) is 0. The van der Waals surface area contributed by atoms with E-state index in [9.17, 15) is 17.6 Å². The molecule has 0 aliphatic carbocycles. The quantitative estimate of drug-likeness (QED) is 0.780. The molecule has 0 atom stereocenters. The minimum atomic E-state index is -3.51. The second kappa shape index (κ2) is 7.82. The number of ether oxygens (including phenoxy) is 1. The van der Waals surface area contributed by atoms with Crippen molar-refractivity contribution in [3.8, 4) is 5.75 Å². The fourth-order valence-electron chi connectivity index (χ4n) is 3.15. The molecule has 1 saturated heterocycles. The van der Waals surface area contributed by atoms with E-state index in [2.05, 4.69) is 0 Å². The average molecular weight is 394 g/mol. The van der Waals surface area contributed by atoms with Gasteiger partial charge >= 0.3 is 0 Å². The molecule has 1 aromatic heterocycles. The number of hydrogen-bond donors (Lipinski definition) is 0. The lowest BCUT2D eigenvalue weighted by atomic mass is 10.1. The average Bonchev–Trinajstić information content (AvgIpc) is 2.60. The number of aromatic nitrogens is 1. The minimum absolute atomic E-state index is 0.139. The Balaban J connectivity index is 1.60. The Hall–Kier alpha value is -2.19. The first-order valence-electron chi connectivity index (χ1n) is 8.81. The number of hydrogen-bond acceptors (Lipinski definition) is 4. The summed E-state index contributed by atoms with van der Waals surface area (Å²) in [4.78, 5) is 11.9. The molecule has 0 bridgehead atoms. The molecule has 0 amide bonds. The van der Waals surface area contributed by atoms with Gasteiger partial charge in [-0.05, 0) is 43.5 Å². The maximum absolute atomic E-state index is 13.3. The van der Waals surface area contributed by atoms with E-state index in [0.717, 1.165) is 5.69 Å². The third-order valence-electron chi connectivity index (χ3n) is 4.81. The van der Waals surface area contributed by atoms with Gasteiger partial charge in [0.2, 0.25) is 10.0 Å². The van der Waals surface area contributed by atoms with Gasteiger partial charge < -0.3 is 9.30 Å².